The van der Waals surface area contributed by atoms with Gasteiger partial charge >= 0.3 is 0 Å². The molecule has 0 fully saturated rings. The fourth-order valence-corrected chi connectivity index (χ4v) is 2.97. The summed E-state index contributed by atoms with van der Waals surface area (Å²) in [5.74, 6) is 0.0288. The van der Waals surface area contributed by atoms with Crippen LogP contribution in [0, 0.1) is 5.92 Å². The molecule has 1 N–H and O–H groups in total. The summed E-state index contributed by atoms with van der Waals surface area (Å²) in [6.45, 7) is 0.871. The van der Waals surface area contributed by atoms with E-state index in [0.717, 1.165) is 30.5 Å². The molecule has 0 radical (unpaired) electrons. The van der Waals surface area contributed by atoms with Crippen LogP contribution in [0.25, 0.3) is 0 Å². The summed E-state index contributed by atoms with van der Waals surface area (Å²) in [5.41, 5.74) is 0.876. The summed E-state index contributed by atoms with van der Waals surface area (Å²) >= 11 is 0. The van der Waals surface area contributed by atoms with E-state index in [1.54, 1.807) is 0 Å². The minimum absolute atomic E-state index is 0.0288. The lowest BCUT2D eigenvalue weighted by molar-refractivity contribution is 0.0407. The van der Waals surface area contributed by atoms with Gasteiger partial charge in [0.2, 0.25) is 0 Å². The van der Waals surface area contributed by atoms with Crippen LogP contribution in [0.3, 0.4) is 0 Å². The highest BCUT2D eigenvalue weighted by atomic mass is 16.3. The molecule has 1 aliphatic heterocycles. The molecule has 1 aliphatic rings. The molecular weight excluding hydrogens is 246 g/mol. The molecule has 102 valence electrons. The van der Waals surface area contributed by atoms with Gasteiger partial charge in [0.05, 0.1) is 0 Å². The average Bonchev–Trinajstić information content (AvgIpc) is 2.56. The first-order valence-electron chi connectivity index (χ1n) is 7.15. The van der Waals surface area contributed by atoms with Gasteiger partial charge in [-0.25, -0.2) is 0 Å². The predicted molar refractivity (Wildman–Crippen MR) is 82.0 cm³/mol. The van der Waals surface area contributed by atoms with Crippen molar-refractivity contribution in [3.8, 4) is 0 Å². The van der Waals surface area contributed by atoms with E-state index in [4.69, 9.17) is 0 Å². The summed E-state index contributed by atoms with van der Waals surface area (Å²) in [7, 11) is 0. The van der Waals surface area contributed by atoms with E-state index >= 15 is 0 Å². The lowest BCUT2D eigenvalue weighted by atomic mass is 9.74. The first-order valence-corrected chi connectivity index (χ1v) is 7.15. The highest BCUT2D eigenvalue weighted by Crippen LogP contribution is 2.39. The Balaban J connectivity index is 2.12. The minimum Gasteiger partial charge on any atom is -0.380 e. The third-order valence-corrected chi connectivity index (χ3v) is 4.05. The molecule has 1 heterocycles. The Labute approximate surface area is 119 Å². The van der Waals surface area contributed by atoms with Gasteiger partial charge in [-0.05, 0) is 24.0 Å². The second-order valence-corrected chi connectivity index (χ2v) is 5.30. The highest BCUT2D eigenvalue weighted by Gasteiger charge is 2.39. The predicted octanol–water partition coefficient (Wildman–Crippen LogP) is 3.40. The Morgan fingerprint density at radius 1 is 0.900 bits per heavy atom. The van der Waals surface area contributed by atoms with Gasteiger partial charge in [0, 0.05) is 18.7 Å². The van der Waals surface area contributed by atoms with Crippen molar-refractivity contribution in [3.05, 3.63) is 71.8 Å². The number of hydrogen-bond donors (Lipinski definition) is 1. The van der Waals surface area contributed by atoms with Gasteiger partial charge in [-0.1, -0.05) is 60.7 Å². The van der Waals surface area contributed by atoms with Crippen LogP contribution in [0.15, 0.2) is 65.7 Å². The maximum atomic E-state index is 11.5. The molecule has 0 unspecified atom stereocenters. The fourth-order valence-electron chi connectivity index (χ4n) is 2.97. The molecule has 2 aromatic rings. The van der Waals surface area contributed by atoms with Gasteiger partial charge in [-0.15, -0.1) is 0 Å². The van der Waals surface area contributed by atoms with Gasteiger partial charge in [0.15, 0.2) is 0 Å². The van der Waals surface area contributed by atoms with E-state index in [1.165, 1.54) is 0 Å². The van der Waals surface area contributed by atoms with Crippen LogP contribution in [-0.4, -0.2) is 17.9 Å². The van der Waals surface area contributed by atoms with Crippen LogP contribution >= 0.6 is 0 Å². The molecule has 0 saturated carbocycles. The number of nitrogens with zero attached hydrogens (tertiary/aromatic N) is 1. The monoisotopic (exact) mass is 265 g/mol. The SMILES string of the molecule is OC(c1ccccc1)(c1ccccc1)[C@H]1C=NCCC1. The maximum absolute atomic E-state index is 11.5. The molecule has 3 rings (SSSR count). The van der Waals surface area contributed by atoms with Crippen molar-refractivity contribution in [1.29, 1.82) is 0 Å². The normalized spacial score (nSPS) is 18.9. The van der Waals surface area contributed by atoms with Gasteiger partial charge in [-0.3, -0.25) is 4.99 Å². The molecule has 0 amide bonds. The third kappa shape index (κ3) is 2.27. The number of benzene rings is 2. The lowest BCUT2D eigenvalue weighted by Gasteiger charge is -2.36. The van der Waals surface area contributed by atoms with Crippen molar-refractivity contribution >= 4 is 6.21 Å². The quantitative estimate of drug-likeness (QED) is 0.906. The summed E-state index contributed by atoms with van der Waals surface area (Å²) in [6.07, 6.45) is 3.93. The van der Waals surface area contributed by atoms with Crippen molar-refractivity contribution in [3.63, 3.8) is 0 Å². The number of aliphatic hydroxyl groups is 1. The molecule has 2 nitrogen and oxygen atoms in total. The maximum Gasteiger partial charge on any atom is 0.122 e. The van der Waals surface area contributed by atoms with E-state index < -0.39 is 5.60 Å². The van der Waals surface area contributed by atoms with Gasteiger partial charge in [-0.2, -0.15) is 0 Å². The molecular formula is C18H19NO. The molecule has 20 heavy (non-hydrogen) atoms. The zero-order chi connectivity index (χ0) is 13.8. The van der Waals surface area contributed by atoms with Crippen molar-refractivity contribution in [1.82, 2.24) is 0 Å². The molecule has 0 bridgehead atoms. The average molecular weight is 265 g/mol. The highest BCUT2D eigenvalue weighted by molar-refractivity contribution is 5.66. The van der Waals surface area contributed by atoms with E-state index in [0.29, 0.717) is 0 Å². The summed E-state index contributed by atoms with van der Waals surface area (Å²) in [6, 6.07) is 19.8. The molecule has 2 heteroatoms. The summed E-state index contributed by atoms with van der Waals surface area (Å²) in [5, 5.41) is 11.5. The number of hydrogen-bond acceptors (Lipinski definition) is 2. The van der Waals surface area contributed by atoms with Crippen LogP contribution < -0.4 is 0 Å². The number of rotatable bonds is 3. The zero-order valence-corrected chi connectivity index (χ0v) is 11.4. The smallest absolute Gasteiger partial charge is 0.122 e. The van der Waals surface area contributed by atoms with Crippen molar-refractivity contribution in [2.45, 2.75) is 18.4 Å². The zero-order valence-electron chi connectivity index (χ0n) is 11.4. The van der Waals surface area contributed by atoms with E-state index in [-0.39, 0.29) is 5.92 Å². The van der Waals surface area contributed by atoms with E-state index in [1.807, 2.05) is 66.9 Å². The number of aliphatic imine (C=N–C) groups is 1. The Bertz CT molecular complexity index is 537. The molecule has 0 spiro atoms. The van der Waals surface area contributed by atoms with Crippen LogP contribution in [0.4, 0.5) is 0 Å². The summed E-state index contributed by atoms with van der Waals surface area (Å²) in [4.78, 5) is 4.39. The van der Waals surface area contributed by atoms with Crippen molar-refractivity contribution < 1.29 is 5.11 Å². The standard InChI is InChI=1S/C18H19NO/c20-18(15-8-3-1-4-9-15,16-10-5-2-6-11-16)17-12-7-13-19-14-17/h1-6,8-11,14,17,20H,7,12-13H2/t17-/m1/s1. The largest absolute Gasteiger partial charge is 0.380 e. The topological polar surface area (TPSA) is 32.6 Å². The first kappa shape index (κ1) is 13.1. The Kier molecular flexibility index (Phi) is 3.66. The second-order valence-electron chi connectivity index (χ2n) is 5.30. The lowest BCUT2D eigenvalue weighted by Crippen LogP contribution is -2.38. The van der Waals surface area contributed by atoms with E-state index in [2.05, 4.69) is 4.99 Å². The van der Waals surface area contributed by atoms with Crippen LogP contribution in [0.5, 0.6) is 0 Å². The Morgan fingerprint density at radius 3 is 1.90 bits per heavy atom. The van der Waals surface area contributed by atoms with Gasteiger partial charge in [0.25, 0.3) is 0 Å². The fraction of sp³-hybridized carbons (Fsp3) is 0.278. The van der Waals surface area contributed by atoms with E-state index in [9.17, 15) is 5.11 Å². The van der Waals surface area contributed by atoms with Crippen LogP contribution in [0.2, 0.25) is 0 Å². The Morgan fingerprint density at radius 2 is 1.45 bits per heavy atom. The molecule has 0 aliphatic carbocycles. The molecule has 1 atom stereocenters. The molecule has 0 aromatic heterocycles. The second kappa shape index (κ2) is 5.59. The third-order valence-electron chi connectivity index (χ3n) is 4.05. The molecule has 0 saturated heterocycles. The minimum atomic E-state index is -0.994. The molecule has 2 aromatic carbocycles. The summed E-state index contributed by atoms with van der Waals surface area (Å²) < 4.78 is 0. The van der Waals surface area contributed by atoms with Crippen LogP contribution in [0.1, 0.15) is 24.0 Å². The van der Waals surface area contributed by atoms with Gasteiger partial charge < -0.3 is 5.11 Å². The van der Waals surface area contributed by atoms with Gasteiger partial charge in [0.1, 0.15) is 5.60 Å². The van der Waals surface area contributed by atoms with Crippen molar-refractivity contribution in [2.24, 2.45) is 10.9 Å². The van der Waals surface area contributed by atoms with Crippen molar-refractivity contribution in [2.75, 3.05) is 6.54 Å². The first-order chi connectivity index (χ1) is 9.82. The Hall–Kier alpha value is -1.93. The van der Waals surface area contributed by atoms with Crippen LogP contribution in [-0.2, 0) is 5.60 Å².